The lowest BCUT2D eigenvalue weighted by atomic mass is 10.1. The van der Waals surface area contributed by atoms with Crippen LogP contribution in [0.15, 0.2) is 127 Å². The molecule has 43 heavy (non-hydrogen) atoms. The molecule has 0 N–H and O–H groups in total. The summed E-state index contributed by atoms with van der Waals surface area (Å²) in [5, 5.41) is 19.1. The second-order valence-corrected chi connectivity index (χ2v) is 10.1. The lowest BCUT2D eigenvalue weighted by Crippen LogP contribution is -2.35. The van der Waals surface area contributed by atoms with Gasteiger partial charge in [0.1, 0.15) is 11.5 Å². The Balaban J connectivity index is 1.40. The summed E-state index contributed by atoms with van der Waals surface area (Å²) in [6.07, 6.45) is 10.4. The number of benzene rings is 4. The Bertz CT molecular complexity index is 1970. The molecule has 0 radical (unpaired) electrons. The third-order valence-corrected chi connectivity index (χ3v) is 7.66. The Kier molecular flexibility index (Phi) is 7.59. The van der Waals surface area contributed by atoms with Gasteiger partial charge in [0.25, 0.3) is 5.82 Å². The van der Waals surface area contributed by atoms with E-state index in [1.165, 1.54) is 0 Å². The maximum absolute atomic E-state index is 9.54. The summed E-state index contributed by atoms with van der Waals surface area (Å²) in [7, 11) is 0. The molecule has 0 atom stereocenters. The molecule has 5 aromatic rings. The first-order chi connectivity index (χ1) is 21.2. The van der Waals surface area contributed by atoms with Crippen LogP contribution in [-0.2, 0) is 6.54 Å². The van der Waals surface area contributed by atoms with Crippen LogP contribution in [0.2, 0.25) is 0 Å². The highest BCUT2D eigenvalue weighted by molar-refractivity contribution is 5.89. The van der Waals surface area contributed by atoms with Gasteiger partial charge in [-0.05, 0) is 74.5 Å². The minimum Gasteiger partial charge on any atom is -0.326 e. The van der Waals surface area contributed by atoms with E-state index >= 15 is 0 Å². The predicted molar refractivity (Wildman–Crippen MR) is 173 cm³/mol. The van der Waals surface area contributed by atoms with Gasteiger partial charge in [-0.25, -0.2) is 4.57 Å². The van der Waals surface area contributed by atoms with E-state index in [1.807, 2.05) is 78.9 Å². The molecule has 0 unspecified atom stereocenters. The zero-order valence-corrected chi connectivity index (χ0v) is 24.2. The van der Waals surface area contributed by atoms with E-state index in [0.717, 1.165) is 58.5 Å². The number of allylic oxidation sites excluding steroid dienone is 4. The number of nitrogens with zero attached hydrogens (tertiary/aromatic N) is 6. The summed E-state index contributed by atoms with van der Waals surface area (Å²) in [5.74, 6) is 2.05. The minimum atomic E-state index is 0.643. The van der Waals surface area contributed by atoms with Crippen LogP contribution in [0, 0.1) is 22.7 Å². The highest BCUT2D eigenvalue weighted by atomic mass is 15.4. The molecular formula is C37H31N6+. The molecule has 1 aliphatic rings. The fourth-order valence-corrected chi connectivity index (χ4v) is 5.77. The number of anilines is 3. The monoisotopic (exact) mass is 559 g/mol. The molecule has 0 saturated carbocycles. The number of aromatic nitrogens is 2. The highest BCUT2D eigenvalue weighted by Gasteiger charge is 2.31. The molecule has 4 aromatic carbocycles. The van der Waals surface area contributed by atoms with Gasteiger partial charge < -0.3 is 4.90 Å². The number of fused-ring (bicyclic) bond motifs is 2. The first kappa shape index (κ1) is 27.3. The van der Waals surface area contributed by atoms with E-state index in [-0.39, 0.29) is 0 Å². The molecule has 0 spiro atoms. The molecule has 1 aliphatic heterocycles. The van der Waals surface area contributed by atoms with Crippen LogP contribution in [0.4, 0.5) is 17.1 Å². The van der Waals surface area contributed by atoms with Crippen molar-refractivity contribution in [3.8, 4) is 17.8 Å². The van der Waals surface area contributed by atoms with Gasteiger partial charge in [0.15, 0.2) is 11.0 Å². The molecule has 0 amide bonds. The molecule has 0 fully saturated rings. The van der Waals surface area contributed by atoms with Gasteiger partial charge in [-0.1, -0.05) is 54.6 Å². The van der Waals surface area contributed by atoms with Crippen molar-refractivity contribution in [1.82, 2.24) is 4.57 Å². The Morgan fingerprint density at radius 2 is 1.40 bits per heavy atom. The van der Waals surface area contributed by atoms with E-state index in [9.17, 15) is 10.5 Å². The maximum Gasteiger partial charge on any atom is 0.287 e. The molecule has 6 rings (SSSR count). The molecule has 2 heterocycles. The Morgan fingerprint density at radius 1 is 0.721 bits per heavy atom. The van der Waals surface area contributed by atoms with E-state index in [0.29, 0.717) is 11.1 Å². The minimum absolute atomic E-state index is 0.643. The van der Waals surface area contributed by atoms with Crippen molar-refractivity contribution in [3.05, 3.63) is 144 Å². The van der Waals surface area contributed by atoms with Crippen LogP contribution in [0.25, 0.3) is 22.8 Å². The van der Waals surface area contributed by atoms with E-state index < -0.39 is 0 Å². The van der Waals surface area contributed by atoms with Crippen LogP contribution in [0.3, 0.4) is 0 Å². The second-order valence-electron chi connectivity index (χ2n) is 10.1. The smallest absolute Gasteiger partial charge is 0.287 e. The van der Waals surface area contributed by atoms with E-state index in [4.69, 9.17) is 0 Å². The van der Waals surface area contributed by atoms with E-state index in [1.54, 1.807) is 0 Å². The number of aryl methyl sites for hydroxylation is 1. The second kappa shape index (κ2) is 11.9. The lowest BCUT2D eigenvalue weighted by molar-refractivity contribution is -0.670. The Morgan fingerprint density at radius 3 is 2.07 bits per heavy atom. The fraction of sp³-hybridized carbons (Fsp3) is 0.108. The van der Waals surface area contributed by atoms with Crippen LogP contribution in [-0.4, -0.2) is 11.1 Å². The molecule has 6 heteroatoms. The van der Waals surface area contributed by atoms with Crippen LogP contribution in [0.5, 0.6) is 0 Å². The van der Waals surface area contributed by atoms with Crippen molar-refractivity contribution in [3.63, 3.8) is 0 Å². The summed E-state index contributed by atoms with van der Waals surface area (Å²) in [6, 6.07) is 36.9. The summed E-state index contributed by atoms with van der Waals surface area (Å²) < 4.78 is 4.47. The van der Waals surface area contributed by atoms with Crippen LogP contribution in [0.1, 0.15) is 30.8 Å². The summed E-state index contributed by atoms with van der Waals surface area (Å²) in [4.78, 5) is 4.47. The zero-order valence-electron chi connectivity index (χ0n) is 24.2. The Hall–Kier alpha value is -5.85. The van der Waals surface area contributed by atoms with Crippen molar-refractivity contribution in [2.75, 3.05) is 16.3 Å². The summed E-state index contributed by atoms with van der Waals surface area (Å²) in [5.41, 5.74) is 7.56. The highest BCUT2D eigenvalue weighted by Crippen LogP contribution is 2.46. The predicted octanol–water partition coefficient (Wildman–Crippen LogP) is 7.77. The molecule has 208 valence electrons. The molecule has 0 saturated heterocycles. The SMILES string of the molecule is CCN1\C(=C/C=C/C=C/c2n(-c3ccccc3)c3ccc(C#N)cc3[n+]2CC)N(c2ccccc2)c2ccc(C#N)cc21. The number of hydrogen-bond donors (Lipinski definition) is 0. The molecular weight excluding hydrogens is 528 g/mol. The number of rotatable bonds is 7. The third-order valence-electron chi connectivity index (χ3n) is 7.66. The van der Waals surface area contributed by atoms with Crippen molar-refractivity contribution >= 4 is 34.2 Å². The van der Waals surface area contributed by atoms with Crippen LogP contribution >= 0.6 is 0 Å². The number of para-hydroxylation sites is 2. The molecule has 0 bridgehead atoms. The quantitative estimate of drug-likeness (QED) is 0.151. The first-order valence-corrected chi connectivity index (χ1v) is 14.4. The number of hydrogen-bond acceptors (Lipinski definition) is 4. The molecule has 1 aromatic heterocycles. The van der Waals surface area contributed by atoms with Crippen molar-refractivity contribution in [1.29, 1.82) is 10.5 Å². The number of nitriles is 2. The standard InChI is InChI=1S/C37H31N6/c1-3-40-34-24-28(26-38)20-22-32(34)42(30-14-8-5-9-15-30)36(40)18-12-7-13-19-37-41(4-2)35-25-29(27-39)21-23-33(35)43(37)31-16-10-6-11-17-31/h5-25H,3-4H2,1-2H3/q+1. The van der Waals surface area contributed by atoms with Gasteiger partial charge >= 0.3 is 0 Å². The van der Waals surface area contributed by atoms with Crippen molar-refractivity contribution in [2.24, 2.45) is 0 Å². The van der Waals surface area contributed by atoms with Crippen molar-refractivity contribution < 1.29 is 4.57 Å². The fourth-order valence-electron chi connectivity index (χ4n) is 5.77. The third kappa shape index (κ3) is 4.96. The average Bonchev–Trinajstić information content (AvgIpc) is 3.55. The van der Waals surface area contributed by atoms with Gasteiger partial charge in [0, 0.05) is 24.4 Å². The lowest BCUT2D eigenvalue weighted by Gasteiger charge is -2.24. The van der Waals surface area contributed by atoms with Crippen molar-refractivity contribution in [2.45, 2.75) is 20.4 Å². The molecule has 0 aliphatic carbocycles. The number of imidazole rings is 1. The summed E-state index contributed by atoms with van der Waals surface area (Å²) in [6.45, 7) is 5.77. The molecule has 6 nitrogen and oxygen atoms in total. The van der Waals surface area contributed by atoms with Gasteiger partial charge in [0.2, 0.25) is 0 Å². The van der Waals surface area contributed by atoms with E-state index in [2.05, 4.69) is 93.5 Å². The van der Waals surface area contributed by atoms with Gasteiger partial charge in [0.05, 0.1) is 41.2 Å². The average molecular weight is 560 g/mol. The van der Waals surface area contributed by atoms with Gasteiger partial charge in [-0.15, -0.1) is 0 Å². The van der Waals surface area contributed by atoms with Gasteiger partial charge in [-0.3, -0.25) is 4.90 Å². The Labute approximate surface area is 252 Å². The van der Waals surface area contributed by atoms with Gasteiger partial charge in [-0.2, -0.15) is 15.1 Å². The first-order valence-electron chi connectivity index (χ1n) is 14.4. The zero-order chi connectivity index (χ0) is 29.8. The topological polar surface area (TPSA) is 62.9 Å². The maximum atomic E-state index is 9.54. The summed E-state index contributed by atoms with van der Waals surface area (Å²) >= 11 is 0. The normalized spacial score (nSPS) is 13.7. The van der Waals surface area contributed by atoms with Crippen LogP contribution < -0.4 is 14.4 Å². The largest absolute Gasteiger partial charge is 0.326 e.